The summed E-state index contributed by atoms with van der Waals surface area (Å²) in [7, 11) is 0. The Balaban J connectivity index is 2.94. The van der Waals surface area contributed by atoms with E-state index in [0.717, 1.165) is 11.3 Å². The molecule has 1 aliphatic rings. The lowest BCUT2D eigenvalue weighted by Crippen LogP contribution is -2.08. The van der Waals surface area contributed by atoms with Crippen molar-refractivity contribution in [1.82, 2.24) is 0 Å². The number of fused-ring (bicyclic) bond motifs is 1. The zero-order valence-electron chi connectivity index (χ0n) is 10.4. The number of hydrogen-bond donors (Lipinski definition) is 0. The molecule has 0 spiro atoms. The van der Waals surface area contributed by atoms with Crippen molar-refractivity contribution in [3.63, 3.8) is 0 Å². The molecule has 0 aromatic carbocycles. The number of Topliss-reactive ketones (excluding diaryl/α,β-unsaturated/α-hetero) is 1. The van der Waals surface area contributed by atoms with Gasteiger partial charge in [0.1, 0.15) is 39.6 Å². The molecule has 1 aliphatic carbocycles. The molecule has 1 heterocycles. The summed E-state index contributed by atoms with van der Waals surface area (Å²) < 4.78 is 0. The van der Waals surface area contributed by atoms with Crippen LogP contribution in [0.15, 0.2) is 5.57 Å². The van der Waals surface area contributed by atoms with E-state index < -0.39 is 5.92 Å². The van der Waals surface area contributed by atoms with Crippen LogP contribution in [0.5, 0.6) is 0 Å². The van der Waals surface area contributed by atoms with Crippen molar-refractivity contribution in [2.45, 2.75) is 13.3 Å². The third-order valence-electron chi connectivity index (χ3n) is 3.19. The van der Waals surface area contributed by atoms with Gasteiger partial charge in [0, 0.05) is 17.1 Å². The molecule has 20 heavy (non-hydrogen) atoms. The van der Waals surface area contributed by atoms with Gasteiger partial charge >= 0.3 is 0 Å². The van der Waals surface area contributed by atoms with Crippen LogP contribution in [0.4, 0.5) is 0 Å². The monoisotopic (exact) mass is 278 g/mol. The molecule has 0 amide bonds. The van der Waals surface area contributed by atoms with Gasteiger partial charge in [0.05, 0.1) is 5.56 Å². The number of rotatable bonds is 1. The third kappa shape index (κ3) is 1.61. The first-order valence-corrected chi connectivity index (χ1v) is 6.52. The first kappa shape index (κ1) is 13.5. The predicted octanol–water partition coefficient (Wildman–Crippen LogP) is 2.51. The summed E-state index contributed by atoms with van der Waals surface area (Å²) in [6.45, 7) is 1.77. The second-order valence-corrected chi connectivity index (χ2v) is 5.09. The minimum atomic E-state index is -0.623. The number of hydrogen-bond acceptors (Lipinski definition) is 6. The lowest BCUT2D eigenvalue weighted by atomic mass is 9.92. The lowest BCUT2D eigenvalue weighted by Gasteiger charge is -2.08. The molecule has 0 radical (unpaired) electrons. The molecule has 0 N–H and O–H groups in total. The first-order chi connectivity index (χ1) is 9.64. The van der Waals surface area contributed by atoms with Crippen molar-refractivity contribution in [2.24, 2.45) is 5.92 Å². The summed E-state index contributed by atoms with van der Waals surface area (Å²) in [5.74, 6) is -0.906. The van der Waals surface area contributed by atoms with Crippen LogP contribution in [0.25, 0.3) is 5.57 Å². The standard InChI is InChI=1S/C14H6N4OS/c1-2-8-11(7(3-15)4-16)12-9(5-17)20-10(6-18)13(12)14(8)19/h8H,2H2,1H3/t8-/m0/s1. The van der Waals surface area contributed by atoms with Crippen LogP contribution >= 0.6 is 11.3 Å². The maximum absolute atomic E-state index is 12.4. The first-order valence-electron chi connectivity index (χ1n) is 5.70. The molecule has 0 saturated carbocycles. The minimum Gasteiger partial charge on any atom is -0.293 e. The average Bonchev–Trinajstić information content (AvgIpc) is 2.97. The van der Waals surface area contributed by atoms with E-state index in [0.29, 0.717) is 17.6 Å². The van der Waals surface area contributed by atoms with Crippen LogP contribution < -0.4 is 0 Å². The van der Waals surface area contributed by atoms with E-state index >= 15 is 0 Å². The Kier molecular flexibility index (Phi) is 3.36. The van der Waals surface area contributed by atoms with Gasteiger partial charge in [-0.3, -0.25) is 4.79 Å². The lowest BCUT2D eigenvalue weighted by molar-refractivity contribution is 0.0956. The Morgan fingerprint density at radius 1 is 1.10 bits per heavy atom. The van der Waals surface area contributed by atoms with Crippen molar-refractivity contribution in [1.29, 1.82) is 21.0 Å². The zero-order chi connectivity index (χ0) is 14.9. The fraction of sp³-hybridized carbons (Fsp3) is 0.214. The summed E-state index contributed by atoms with van der Waals surface area (Å²) in [5.41, 5.74) is 0.637. The largest absolute Gasteiger partial charge is 0.293 e. The molecular weight excluding hydrogens is 272 g/mol. The number of nitrogens with zero attached hydrogens (tertiary/aromatic N) is 4. The van der Waals surface area contributed by atoms with E-state index in [4.69, 9.17) is 21.0 Å². The molecule has 0 fully saturated rings. The Bertz CT molecular complexity index is 802. The van der Waals surface area contributed by atoms with Gasteiger partial charge in [-0.25, -0.2) is 0 Å². The highest BCUT2D eigenvalue weighted by atomic mass is 32.1. The number of nitriles is 4. The van der Waals surface area contributed by atoms with Crippen LogP contribution in [0.2, 0.25) is 0 Å². The van der Waals surface area contributed by atoms with E-state index in [-0.39, 0.29) is 26.7 Å². The molecule has 0 saturated heterocycles. The van der Waals surface area contributed by atoms with Gasteiger partial charge in [0.25, 0.3) is 0 Å². The number of carbonyl (C=O) groups is 1. The second-order valence-electron chi connectivity index (χ2n) is 4.07. The molecule has 5 nitrogen and oxygen atoms in total. The molecule has 1 aromatic heterocycles. The second kappa shape index (κ2) is 4.98. The predicted molar refractivity (Wildman–Crippen MR) is 70.0 cm³/mol. The van der Waals surface area contributed by atoms with Gasteiger partial charge in [0.15, 0.2) is 5.78 Å². The number of allylic oxidation sites excluding steroid dienone is 2. The molecule has 1 aromatic rings. The minimum absolute atomic E-state index is 0.164. The van der Waals surface area contributed by atoms with E-state index in [1.807, 2.05) is 12.1 Å². The smallest absolute Gasteiger partial charge is 0.173 e. The van der Waals surface area contributed by atoms with Gasteiger partial charge in [-0.1, -0.05) is 6.92 Å². The molecule has 0 unspecified atom stereocenters. The Morgan fingerprint density at radius 3 is 2.10 bits per heavy atom. The number of ketones is 1. The van der Waals surface area contributed by atoms with Crippen molar-refractivity contribution >= 4 is 22.7 Å². The maximum Gasteiger partial charge on any atom is 0.173 e. The van der Waals surface area contributed by atoms with E-state index in [2.05, 4.69) is 0 Å². The maximum atomic E-state index is 12.4. The van der Waals surface area contributed by atoms with Crippen molar-refractivity contribution < 1.29 is 4.79 Å². The van der Waals surface area contributed by atoms with Gasteiger partial charge in [-0.05, 0) is 6.42 Å². The highest BCUT2D eigenvalue weighted by Crippen LogP contribution is 2.46. The number of thiophene rings is 1. The summed E-state index contributed by atoms with van der Waals surface area (Å²) in [5, 5.41) is 36.3. The SMILES string of the molecule is CC[C@@H]1C(=O)c2c(C#N)sc(C#N)c2C1=C(C#N)C#N. The Morgan fingerprint density at radius 2 is 1.65 bits per heavy atom. The third-order valence-corrected chi connectivity index (χ3v) is 4.19. The van der Waals surface area contributed by atoms with E-state index in [1.165, 1.54) is 0 Å². The normalized spacial score (nSPS) is 15.8. The van der Waals surface area contributed by atoms with Crippen LogP contribution in [-0.4, -0.2) is 5.78 Å². The van der Waals surface area contributed by atoms with Crippen LogP contribution in [0, 0.1) is 51.2 Å². The van der Waals surface area contributed by atoms with Gasteiger partial charge in [-0.15, -0.1) is 11.3 Å². The van der Waals surface area contributed by atoms with Gasteiger partial charge < -0.3 is 0 Å². The Labute approximate surface area is 119 Å². The molecular formula is C14H6N4OS. The fourth-order valence-corrected chi connectivity index (χ4v) is 3.31. The van der Waals surface area contributed by atoms with Crippen molar-refractivity contribution in [2.75, 3.05) is 0 Å². The molecule has 1 atom stereocenters. The molecule has 0 aliphatic heterocycles. The van der Waals surface area contributed by atoms with Crippen LogP contribution in [0.1, 0.15) is 39.0 Å². The van der Waals surface area contributed by atoms with E-state index in [1.54, 1.807) is 19.1 Å². The molecule has 0 bridgehead atoms. The molecule has 6 heteroatoms. The van der Waals surface area contributed by atoms with Gasteiger partial charge in [-0.2, -0.15) is 21.0 Å². The number of carbonyl (C=O) groups excluding carboxylic acids is 1. The summed E-state index contributed by atoms with van der Waals surface area (Å²) in [6.07, 6.45) is 0.413. The summed E-state index contributed by atoms with van der Waals surface area (Å²) >= 11 is 0.924. The quantitative estimate of drug-likeness (QED) is 0.732. The van der Waals surface area contributed by atoms with Crippen molar-refractivity contribution in [3.8, 4) is 24.3 Å². The highest BCUT2D eigenvalue weighted by molar-refractivity contribution is 7.13. The van der Waals surface area contributed by atoms with Gasteiger partial charge in [0.2, 0.25) is 0 Å². The average molecular weight is 278 g/mol. The Hall–Kier alpha value is -2.93. The molecule has 2 rings (SSSR count). The summed E-state index contributed by atoms with van der Waals surface area (Å²) in [6, 6.07) is 7.41. The molecule has 94 valence electrons. The topological polar surface area (TPSA) is 112 Å². The van der Waals surface area contributed by atoms with E-state index in [9.17, 15) is 4.79 Å². The highest BCUT2D eigenvalue weighted by Gasteiger charge is 2.41. The summed E-state index contributed by atoms with van der Waals surface area (Å²) in [4.78, 5) is 12.8. The zero-order valence-corrected chi connectivity index (χ0v) is 11.2. The van der Waals surface area contributed by atoms with Crippen LogP contribution in [0.3, 0.4) is 0 Å². The van der Waals surface area contributed by atoms with Crippen molar-refractivity contribution in [3.05, 3.63) is 26.5 Å². The fourth-order valence-electron chi connectivity index (χ4n) is 2.39. The van der Waals surface area contributed by atoms with Crippen LogP contribution in [-0.2, 0) is 0 Å².